The Labute approximate surface area is 109 Å². The van der Waals surface area contributed by atoms with Gasteiger partial charge in [-0.2, -0.15) is 0 Å². The number of rotatable bonds is 6. The first kappa shape index (κ1) is 12.7. The Morgan fingerprint density at radius 2 is 2.06 bits per heavy atom. The average Bonchev–Trinajstić information content (AvgIpc) is 2.91. The number of nitrogens with zero attached hydrogens (tertiary/aromatic N) is 1. The Balaban J connectivity index is 1.92. The van der Waals surface area contributed by atoms with E-state index in [-0.39, 0.29) is 0 Å². The van der Waals surface area contributed by atoms with Gasteiger partial charge in [-0.15, -0.1) is 0 Å². The molecule has 0 aliphatic carbocycles. The van der Waals surface area contributed by atoms with E-state index in [4.69, 9.17) is 0 Å². The fourth-order valence-electron chi connectivity index (χ4n) is 2.07. The third kappa shape index (κ3) is 3.36. The van der Waals surface area contributed by atoms with Crippen LogP contribution in [0.5, 0.6) is 0 Å². The smallest absolute Gasteiger partial charge is 0.0924 e. The zero-order valence-corrected chi connectivity index (χ0v) is 11.1. The van der Waals surface area contributed by atoms with Crippen LogP contribution in [-0.4, -0.2) is 16.5 Å². The van der Waals surface area contributed by atoms with E-state index in [2.05, 4.69) is 53.4 Å². The summed E-state index contributed by atoms with van der Waals surface area (Å²) in [6.07, 6.45) is 6.07. The van der Waals surface area contributed by atoms with E-state index in [0.717, 1.165) is 18.2 Å². The number of benzene rings is 1. The molecule has 0 saturated carbocycles. The summed E-state index contributed by atoms with van der Waals surface area (Å²) in [5.74, 6) is 0.724. The number of hydrogen-bond donors (Lipinski definition) is 2. The molecule has 0 bridgehead atoms. The highest BCUT2D eigenvalue weighted by molar-refractivity contribution is 5.61. The first-order chi connectivity index (χ1) is 8.79. The van der Waals surface area contributed by atoms with Crippen LogP contribution in [0.3, 0.4) is 0 Å². The molecule has 0 spiro atoms. The van der Waals surface area contributed by atoms with Crippen LogP contribution in [0.2, 0.25) is 0 Å². The second-order valence-electron chi connectivity index (χ2n) is 4.82. The summed E-state index contributed by atoms with van der Waals surface area (Å²) in [4.78, 5) is 7.14. The van der Waals surface area contributed by atoms with Crippen LogP contribution in [0, 0.1) is 5.92 Å². The molecule has 1 heterocycles. The van der Waals surface area contributed by atoms with Crippen molar-refractivity contribution >= 4 is 5.69 Å². The number of hydrogen-bond acceptors (Lipinski definition) is 2. The van der Waals surface area contributed by atoms with Crippen molar-refractivity contribution in [3.63, 3.8) is 0 Å². The van der Waals surface area contributed by atoms with Gasteiger partial charge in [0.05, 0.1) is 18.2 Å². The minimum absolute atomic E-state index is 0.724. The van der Waals surface area contributed by atoms with Crippen molar-refractivity contribution in [1.82, 2.24) is 9.97 Å². The number of aromatic nitrogens is 2. The summed E-state index contributed by atoms with van der Waals surface area (Å²) in [6.45, 7) is 5.56. The number of imidazole rings is 1. The van der Waals surface area contributed by atoms with E-state index in [1.165, 1.54) is 24.1 Å². The van der Waals surface area contributed by atoms with Gasteiger partial charge in [0.2, 0.25) is 0 Å². The molecule has 0 aliphatic heterocycles. The van der Waals surface area contributed by atoms with Gasteiger partial charge < -0.3 is 10.3 Å². The fourth-order valence-corrected chi connectivity index (χ4v) is 2.07. The number of aromatic amines is 1. The molecule has 0 radical (unpaired) electrons. The molecule has 2 rings (SSSR count). The van der Waals surface area contributed by atoms with E-state index >= 15 is 0 Å². The van der Waals surface area contributed by atoms with Crippen LogP contribution in [0.4, 0.5) is 5.69 Å². The molecule has 96 valence electrons. The largest absolute Gasteiger partial charge is 0.385 e. The molecule has 0 aliphatic rings. The quantitative estimate of drug-likeness (QED) is 0.807. The molecule has 0 saturated heterocycles. The average molecular weight is 243 g/mol. The van der Waals surface area contributed by atoms with Crippen LogP contribution >= 0.6 is 0 Å². The molecule has 3 heteroatoms. The Hall–Kier alpha value is -1.77. The van der Waals surface area contributed by atoms with Crippen LogP contribution in [0.15, 0.2) is 36.8 Å². The standard InChI is InChI=1S/C15H21N3/c1-3-4-12(2)9-17-14-7-5-13(6-8-14)15-10-16-11-18-15/h5-8,10-12,17H,3-4,9H2,1-2H3,(H,16,18). The Morgan fingerprint density at radius 1 is 1.28 bits per heavy atom. The van der Waals surface area contributed by atoms with Crippen molar-refractivity contribution in [1.29, 1.82) is 0 Å². The van der Waals surface area contributed by atoms with E-state index in [9.17, 15) is 0 Å². The van der Waals surface area contributed by atoms with Gasteiger partial charge in [0.15, 0.2) is 0 Å². The Bertz CT molecular complexity index is 445. The lowest BCUT2D eigenvalue weighted by Gasteiger charge is -2.12. The van der Waals surface area contributed by atoms with E-state index in [0.29, 0.717) is 0 Å². The Kier molecular flexibility index (Phi) is 4.40. The second-order valence-corrected chi connectivity index (χ2v) is 4.82. The highest BCUT2D eigenvalue weighted by Gasteiger charge is 2.01. The molecule has 1 atom stereocenters. The molecule has 18 heavy (non-hydrogen) atoms. The molecule has 0 fully saturated rings. The zero-order chi connectivity index (χ0) is 12.8. The fraction of sp³-hybridized carbons (Fsp3) is 0.400. The maximum atomic E-state index is 4.03. The van der Waals surface area contributed by atoms with Crippen molar-refractivity contribution in [2.24, 2.45) is 5.92 Å². The van der Waals surface area contributed by atoms with Gasteiger partial charge >= 0.3 is 0 Å². The molecule has 2 aromatic rings. The van der Waals surface area contributed by atoms with Crippen molar-refractivity contribution in [2.75, 3.05) is 11.9 Å². The topological polar surface area (TPSA) is 40.7 Å². The summed E-state index contributed by atoms with van der Waals surface area (Å²) in [5.41, 5.74) is 3.40. The summed E-state index contributed by atoms with van der Waals surface area (Å²) in [5, 5.41) is 3.48. The van der Waals surface area contributed by atoms with Crippen LogP contribution in [0.25, 0.3) is 11.3 Å². The summed E-state index contributed by atoms with van der Waals surface area (Å²) in [6, 6.07) is 8.46. The number of anilines is 1. The van der Waals surface area contributed by atoms with Crippen molar-refractivity contribution in [3.8, 4) is 11.3 Å². The van der Waals surface area contributed by atoms with Gasteiger partial charge in [0.1, 0.15) is 0 Å². The SMILES string of the molecule is CCCC(C)CNc1ccc(-c2cnc[nH]2)cc1. The minimum atomic E-state index is 0.724. The summed E-state index contributed by atoms with van der Waals surface area (Å²) in [7, 11) is 0. The van der Waals surface area contributed by atoms with E-state index in [1.54, 1.807) is 6.33 Å². The third-order valence-corrected chi connectivity index (χ3v) is 3.13. The Morgan fingerprint density at radius 3 is 2.67 bits per heavy atom. The first-order valence-electron chi connectivity index (χ1n) is 6.62. The molecular weight excluding hydrogens is 222 g/mol. The highest BCUT2D eigenvalue weighted by Crippen LogP contribution is 2.19. The van der Waals surface area contributed by atoms with Gasteiger partial charge in [-0.25, -0.2) is 4.98 Å². The molecule has 0 amide bonds. The monoisotopic (exact) mass is 243 g/mol. The van der Waals surface area contributed by atoms with Gasteiger partial charge in [-0.05, 0) is 30.0 Å². The van der Waals surface area contributed by atoms with E-state index < -0.39 is 0 Å². The lowest BCUT2D eigenvalue weighted by molar-refractivity contribution is 0.551. The summed E-state index contributed by atoms with van der Waals surface area (Å²) >= 11 is 0. The third-order valence-electron chi connectivity index (χ3n) is 3.13. The van der Waals surface area contributed by atoms with Crippen LogP contribution in [-0.2, 0) is 0 Å². The maximum Gasteiger partial charge on any atom is 0.0924 e. The van der Waals surface area contributed by atoms with Crippen molar-refractivity contribution in [2.45, 2.75) is 26.7 Å². The van der Waals surface area contributed by atoms with Crippen molar-refractivity contribution < 1.29 is 0 Å². The highest BCUT2D eigenvalue weighted by atomic mass is 14.9. The molecule has 1 unspecified atom stereocenters. The summed E-state index contributed by atoms with van der Waals surface area (Å²) < 4.78 is 0. The predicted octanol–water partition coefficient (Wildman–Crippen LogP) is 3.92. The number of nitrogens with one attached hydrogen (secondary N) is 2. The van der Waals surface area contributed by atoms with Crippen molar-refractivity contribution in [3.05, 3.63) is 36.8 Å². The van der Waals surface area contributed by atoms with Gasteiger partial charge in [0, 0.05) is 12.2 Å². The first-order valence-corrected chi connectivity index (χ1v) is 6.62. The van der Waals surface area contributed by atoms with E-state index in [1.807, 2.05) is 6.20 Å². The molecular formula is C15H21N3. The second kappa shape index (κ2) is 6.24. The maximum absolute atomic E-state index is 4.03. The normalized spacial score (nSPS) is 12.3. The molecule has 3 nitrogen and oxygen atoms in total. The lowest BCUT2D eigenvalue weighted by Crippen LogP contribution is -2.10. The predicted molar refractivity (Wildman–Crippen MR) is 76.6 cm³/mol. The van der Waals surface area contributed by atoms with Gasteiger partial charge in [-0.3, -0.25) is 0 Å². The molecule has 1 aromatic carbocycles. The molecule has 1 aromatic heterocycles. The van der Waals surface area contributed by atoms with Crippen LogP contribution in [0.1, 0.15) is 26.7 Å². The van der Waals surface area contributed by atoms with Crippen LogP contribution < -0.4 is 5.32 Å². The lowest BCUT2D eigenvalue weighted by atomic mass is 10.1. The number of H-pyrrole nitrogens is 1. The van der Waals surface area contributed by atoms with Gasteiger partial charge in [0.25, 0.3) is 0 Å². The minimum Gasteiger partial charge on any atom is -0.385 e. The zero-order valence-electron chi connectivity index (χ0n) is 11.1. The van der Waals surface area contributed by atoms with Gasteiger partial charge in [-0.1, -0.05) is 32.4 Å². The molecule has 2 N–H and O–H groups in total.